The van der Waals surface area contributed by atoms with Gasteiger partial charge in [-0.1, -0.05) is 0 Å². The smallest absolute Gasteiger partial charge is 0.331 e. The number of hydrogen-bond donors (Lipinski definition) is 0. The molecule has 1 saturated carbocycles. The van der Waals surface area contributed by atoms with Crippen LogP contribution in [0, 0.1) is 5.92 Å². The topological polar surface area (TPSA) is 43.4 Å². The number of carbonyl (C=O) groups excluding carboxylic acids is 2. The summed E-state index contributed by atoms with van der Waals surface area (Å²) in [5, 5.41) is 0. The van der Waals surface area contributed by atoms with E-state index >= 15 is 0 Å². The van der Waals surface area contributed by atoms with Crippen LogP contribution in [0.25, 0.3) is 0 Å². The first-order valence-corrected chi connectivity index (χ1v) is 6.68. The van der Waals surface area contributed by atoms with Gasteiger partial charge in [0.2, 0.25) is 0 Å². The van der Waals surface area contributed by atoms with E-state index in [1.54, 1.807) is 0 Å². The molecule has 90 valence electrons. The molecule has 1 atom stereocenters. The average Bonchev–Trinajstić information content (AvgIpc) is 2.64. The van der Waals surface area contributed by atoms with Crippen molar-refractivity contribution in [3.05, 3.63) is 9.66 Å². The summed E-state index contributed by atoms with van der Waals surface area (Å²) < 4.78 is 5.54. The Hall–Kier alpha value is -0.390. The molecule has 1 aliphatic carbocycles. The molecule has 0 heterocycles. The second-order valence-electron chi connectivity index (χ2n) is 4.06. The Morgan fingerprint density at radius 2 is 2.38 bits per heavy atom. The molecular formula is C12H17IO3. The third kappa shape index (κ3) is 4.63. The Morgan fingerprint density at radius 3 is 2.94 bits per heavy atom. The van der Waals surface area contributed by atoms with Gasteiger partial charge < -0.3 is 4.74 Å². The summed E-state index contributed by atoms with van der Waals surface area (Å²) >= 11 is 2.15. The number of ketones is 1. The third-order valence-electron chi connectivity index (χ3n) is 2.87. The van der Waals surface area contributed by atoms with Gasteiger partial charge in [-0.2, -0.15) is 0 Å². The first kappa shape index (κ1) is 13.7. The number of hydrogen-bond acceptors (Lipinski definition) is 3. The zero-order valence-electron chi connectivity index (χ0n) is 9.50. The predicted molar refractivity (Wildman–Crippen MR) is 70.3 cm³/mol. The second-order valence-corrected chi connectivity index (χ2v) is 5.45. The van der Waals surface area contributed by atoms with Crippen LogP contribution in [0.1, 0.15) is 38.5 Å². The highest BCUT2D eigenvalue weighted by Gasteiger charge is 2.23. The van der Waals surface area contributed by atoms with Gasteiger partial charge in [0.1, 0.15) is 5.78 Å². The second kappa shape index (κ2) is 7.04. The molecule has 0 N–H and O–H groups in total. The van der Waals surface area contributed by atoms with Gasteiger partial charge in [-0.25, -0.2) is 4.79 Å². The van der Waals surface area contributed by atoms with E-state index in [0.717, 1.165) is 42.1 Å². The van der Waals surface area contributed by atoms with Crippen molar-refractivity contribution in [1.29, 1.82) is 0 Å². The molecule has 0 radical (unpaired) electrons. The van der Waals surface area contributed by atoms with E-state index in [9.17, 15) is 9.59 Å². The fourth-order valence-corrected chi connectivity index (χ4v) is 2.61. The lowest BCUT2D eigenvalue weighted by Crippen LogP contribution is -2.05. The van der Waals surface area contributed by atoms with Crippen molar-refractivity contribution in [2.45, 2.75) is 38.5 Å². The van der Waals surface area contributed by atoms with E-state index < -0.39 is 0 Å². The fraction of sp³-hybridized carbons (Fsp3) is 0.667. The Balaban J connectivity index is 2.22. The van der Waals surface area contributed by atoms with Crippen molar-refractivity contribution >= 4 is 34.3 Å². The molecule has 4 heteroatoms. The molecule has 0 aromatic heterocycles. The maximum Gasteiger partial charge on any atom is 0.331 e. The fourth-order valence-electron chi connectivity index (χ4n) is 1.97. The number of methoxy groups -OCH3 is 1. The van der Waals surface area contributed by atoms with Crippen LogP contribution in [-0.4, -0.2) is 18.9 Å². The lowest BCUT2D eigenvalue weighted by atomic mass is 10.00. The van der Waals surface area contributed by atoms with Gasteiger partial charge in [-0.05, 0) is 58.3 Å². The van der Waals surface area contributed by atoms with Crippen molar-refractivity contribution in [3.8, 4) is 0 Å². The molecule has 1 rings (SSSR count). The van der Waals surface area contributed by atoms with Gasteiger partial charge in [0.25, 0.3) is 0 Å². The summed E-state index contributed by atoms with van der Waals surface area (Å²) in [6, 6.07) is 0. The van der Waals surface area contributed by atoms with Gasteiger partial charge >= 0.3 is 5.97 Å². The minimum absolute atomic E-state index is 0.280. The number of carbonyl (C=O) groups is 2. The summed E-state index contributed by atoms with van der Waals surface area (Å²) in [6.45, 7) is 0. The van der Waals surface area contributed by atoms with Crippen molar-refractivity contribution in [2.75, 3.05) is 7.11 Å². The average molecular weight is 336 g/mol. The molecule has 0 spiro atoms. The van der Waals surface area contributed by atoms with Crippen LogP contribution < -0.4 is 0 Å². The third-order valence-corrected chi connectivity index (χ3v) is 3.73. The first-order valence-electron chi connectivity index (χ1n) is 5.60. The van der Waals surface area contributed by atoms with Gasteiger partial charge in [0, 0.05) is 18.4 Å². The lowest BCUT2D eigenvalue weighted by molar-refractivity contribution is -0.134. The van der Waals surface area contributed by atoms with Crippen molar-refractivity contribution in [3.63, 3.8) is 0 Å². The molecule has 1 fully saturated rings. The Morgan fingerprint density at radius 1 is 1.62 bits per heavy atom. The predicted octanol–water partition coefficient (Wildman–Crippen LogP) is 3.02. The molecular weight excluding hydrogens is 319 g/mol. The van der Waals surface area contributed by atoms with Crippen molar-refractivity contribution < 1.29 is 14.3 Å². The van der Waals surface area contributed by atoms with E-state index in [4.69, 9.17) is 0 Å². The van der Waals surface area contributed by atoms with E-state index in [-0.39, 0.29) is 11.9 Å². The number of Topliss-reactive ketones (excluding diaryl/α,β-unsaturated/α-hetero) is 1. The van der Waals surface area contributed by atoms with Crippen molar-refractivity contribution in [1.82, 2.24) is 0 Å². The zero-order valence-corrected chi connectivity index (χ0v) is 11.7. The van der Waals surface area contributed by atoms with Crippen LogP contribution >= 0.6 is 22.6 Å². The summed E-state index contributed by atoms with van der Waals surface area (Å²) in [6.07, 6.45) is 7.17. The standard InChI is InChI=1S/C12H17IO3/c1-16-12(15)8-10(13)6-2-4-9-5-3-7-11(9)14/h8-9H,2-7H2,1H3/b10-8+. The molecule has 16 heavy (non-hydrogen) atoms. The van der Waals surface area contributed by atoms with Crippen LogP contribution in [0.2, 0.25) is 0 Å². The van der Waals surface area contributed by atoms with Crippen molar-refractivity contribution in [2.24, 2.45) is 5.92 Å². The van der Waals surface area contributed by atoms with Crippen LogP contribution in [0.4, 0.5) is 0 Å². The van der Waals surface area contributed by atoms with E-state index in [2.05, 4.69) is 27.3 Å². The van der Waals surface area contributed by atoms with E-state index in [1.165, 1.54) is 13.2 Å². The van der Waals surface area contributed by atoms with Gasteiger partial charge in [-0.15, -0.1) is 0 Å². The molecule has 1 aliphatic rings. The summed E-state index contributed by atoms with van der Waals surface area (Å²) in [5.41, 5.74) is 0. The van der Waals surface area contributed by atoms with Gasteiger partial charge in [0.15, 0.2) is 0 Å². The molecule has 0 amide bonds. The highest BCUT2D eigenvalue weighted by atomic mass is 127. The molecule has 0 saturated heterocycles. The molecule has 0 aromatic carbocycles. The highest BCUT2D eigenvalue weighted by molar-refractivity contribution is 14.1. The maximum atomic E-state index is 11.4. The number of rotatable bonds is 5. The minimum atomic E-state index is -0.304. The van der Waals surface area contributed by atoms with Gasteiger partial charge in [0.05, 0.1) is 7.11 Å². The van der Waals surface area contributed by atoms with Crippen LogP contribution in [0.15, 0.2) is 9.66 Å². The first-order chi connectivity index (χ1) is 7.63. The summed E-state index contributed by atoms with van der Waals surface area (Å²) in [7, 11) is 1.37. The van der Waals surface area contributed by atoms with E-state index in [1.807, 2.05) is 0 Å². The molecule has 3 nitrogen and oxygen atoms in total. The quantitative estimate of drug-likeness (QED) is 0.440. The van der Waals surface area contributed by atoms with E-state index in [0.29, 0.717) is 5.78 Å². The molecule has 0 bridgehead atoms. The lowest BCUT2D eigenvalue weighted by Gasteiger charge is -2.06. The maximum absolute atomic E-state index is 11.4. The Bertz CT molecular complexity index is 297. The highest BCUT2D eigenvalue weighted by Crippen LogP contribution is 2.27. The monoisotopic (exact) mass is 336 g/mol. The SMILES string of the molecule is COC(=O)/C=C(/I)CCCC1CCCC1=O. The number of halogens is 1. The molecule has 0 aromatic rings. The summed E-state index contributed by atoms with van der Waals surface area (Å²) in [4.78, 5) is 22.3. The Labute approximate surface area is 110 Å². The number of esters is 1. The van der Waals surface area contributed by atoms with Crippen LogP contribution in [0.5, 0.6) is 0 Å². The summed E-state index contributed by atoms with van der Waals surface area (Å²) in [5.74, 6) is 0.399. The normalized spacial score (nSPS) is 21.2. The molecule has 1 unspecified atom stereocenters. The molecule has 0 aliphatic heterocycles. The number of allylic oxidation sites excluding steroid dienone is 1. The number of ether oxygens (including phenoxy) is 1. The minimum Gasteiger partial charge on any atom is -0.466 e. The Kier molecular flexibility index (Phi) is 6.01. The van der Waals surface area contributed by atoms with Crippen LogP contribution in [-0.2, 0) is 14.3 Å². The largest absolute Gasteiger partial charge is 0.466 e. The van der Waals surface area contributed by atoms with Crippen LogP contribution in [0.3, 0.4) is 0 Å². The van der Waals surface area contributed by atoms with Gasteiger partial charge in [-0.3, -0.25) is 4.79 Å². The zero-order chi connectivity index (χ0) is 12.0.